The van der Waals surface area contributed by atoms with Crippen LogP contribution < -0.4 is 11.1 Å². The molecule has 0 aliphatic carbocycles. The first-order valence-electron chi connectivity index (χ1n) is 5.97. The smallest absolute Gasteiger partial charge is 0.338 e. The van der Waals surface area contributed by atoms with Crippen molar-refractivity contribution in [3.63, 3.8) is 0 Å². The number of nitrogens with one attached hydrogen (secondary N) is 1. The summed E-state index contributed by atoms with van der Waals surface area (Å²) in [6.07, 6.45) is 2.31. The van der Waals surface area contributed by atoms with Crippen molar-refractivity contribution in [2.24, 2.45) is 0 Å². The molecule has 0 radical (unpaired) electrons. The highest BCUT2D eigenvalue weighted by Crippen LogP contribution is 2.06. The van der Waals surface area contributed by atoms with E-state index in [1.165, 1.54) is 0 Å². The van der Waals surface area contributed by atoms with Gasteiger partial charge >= 0.3 is 5.97 Å². The molecule has 0 heterocycles. The van der Waals surface area contributed by atoms with Gasteiger partial charge in [0, 0.05) is 12.2 Å². The molecular weight excluding hydrogens is 252 g/mol. The number of carbonyl (C=O) groups excluding carboxylic acids is 1. The average molecular weight is 273 g/mol. The number of anilines is 1. The van der Waals surface area contributed by atoms with Gasteiger partial charge in [-0.05, 0) is 37.2 Å². The molecule has 18 heavy (non-hydrogen) atoms. The Kier molecular flexibility index (Phi) is 9.06. The zero-order valence-corrected chi connectivity index (χ0v) is 11.5. The second-order valence-electron chi connectivity index (χ2n) is 3.86. The molecule has 0 saturated heterocycles. The minimum Gasteiger partial charge on any atom is -0.461 e. The lowest BCUT2D eigenvalue weighted by atomic mass is 10.2. The molecule has 0 bridgehead atoms. The molecule has 102 valence electrons. The lowest BCUT2D eigenvalue weighted by Crippen LogP contribution is -2.22. The van der Waals surface area contributed by atoms with Crippen molar-refractivity contribution >= 4 is 24.1 Å². The van der Waals surface area contributed by atoms with Crippen molar-refractivity contribution in [2.75, 3.05) is 25.4 Å². The van der Waals surface area contributed by atoms with Crippen molar-refractivity contribution in [3.8, 4) is 0 Å². The third kappa shape index (κ3) is 6.47. The monoisotopic (exact) mass is 272 g/mol. The van der Waals surface area contributed by atoms with Gasteiger partial charge in [-0.1, -0.05) is 13.3 Å². The number of carbonyl (C=O) groups is 1. The SMILES string of the molecule is CCCCNCCOC(=O)c1ccc(N)cc1.Cl. The van der Waals surface area contributed by atoms with Gasteiger partial charge in [0.05, 0.1) is 5.56 Å². The minimum atomic E-state index is -0.303. The van der Waals surface area contributed by atoms with E-state index < -0.39 is 0 Å². The third-order valence-electron chi connectivity index (χ3n) is 2.37. The first-order valence-corrected chi connectivity index (χ1v) is 5.97. The first kappa shape index (κ1) is 16.7. The third-order valence-corrected chi connectivity index (χ3v) is 2.37. The molecule has 3 N–H and O–H groups in total. The van der Waals surface area contributed by atoms with Crippen LogP contribution in [0.4, 0.5) is 5.69 Å². The fourth-order valence-corrected chi connectivity index (χ4v) is 1.35. The highest BCUT2D eigenvalue weighted by atomic mass is 35.5. The summed E-state index contributed by atoms with van der Waals surface area (Å²) in [5.41, 5.74) is 6.71. The summed E-state index contributed by atoms with van der Waals surface area (Å²) in [5.74, 6) is -0.303. The number of ether oxygens (including phenoxy) is 1. The number of unbranched alkanes of at least 4 members (excludes halogenated alkanes) is 1. The molecule has 0 spiro atoms. The highest BCUT2D eigenvalue weighted by molar-refractivity contribution is 5.89. The van der Waals surface area contributed by atoms with Crippen molar-refractivity contribution < 1.29 is 9.53 Å². The summed E-state index contributed by atoms with van der Waals surface area (Å²) >= 11 is 0. The van der Waals surface area contributed by atoms with Crippen LogP contribution in [0, 0.1) is 0 Å². The van der Waals surface area contributed by atoms with Crippen LogP contribution in [0.15, 0.2) is 24.3 Å². The van der Waals surface area contributed by atoms with E-state index in [9.17, 15) is 4.79 Å². The van der Waals surface area contributed by atoms with Crippen LogP contribution >= 0.6 is 12.4 Å². The standard InChI is InChI=1S/C13H20N2O2.ClH/c1-2-3-8-15-9-10-17-13(16)11-4-6-12(14)7-5-11;/h4-7,15H,2-3,8-10,14H2,1H3;1H. The van der Waals surface area contributed by atoms with Gasteiger partial charge < -0.3 is 15.8 Å². The van der Waals surface area contributed by atoms with Crippen LogP contribution in [0.5, 0.6) is 0 Å². The fraction of sp³-hybridized carbons (Fsp3) is 0.462. The largest absolute Gasteiger partial charge is 0.461 e. The normalized spacial score (nSPS) is 9.61. The van der Waals surface area contributed by atoms with Crippen molar-refractivity contribution in [3.05, 3.63) is 29.8 Å². The fourth-order valence-electron chi connectivity index (χ4n) is 1.35. The number of nitrogen functional groups attached to an aromatic ring is 1. The molecule has 0 unspecified atom stereocenters. The molecule has 5 heteroatoms. The number of halogens is 1. The number of rotatable bonds is 7. The van der Waals surface area contributed by atoms with Gasteiger partial charge in [-0.3, -0.25) is 0 Å². The van der Waals surface area contributed by atoms with E-state index in [-0.39, 0.29) is 18.4 Å². The van der Waals surface area contributed by atoms with E-state index in [1.807, 2.05) is 0 Å². The maximum atomic E-state index is 11.6. The quantitative estimate of drug-likeness (QED) is 0.454. The lowest BCUT2D eigenvalue weighted by Gasteiger charge is -2.06. The molecule has 0 saturated carbocycles. The summed E-state index contributed by atoms with van der Waals surface area (Å²) in [5, 5.41) is 3.21. The van der Waals surface area contributed by atoms with Gasteiger partial charge in [-0.15, -0.1) is 12.4 Å². The molecule has 1 aromatic rings. The molecule has 0 aliphatic heterocycles. The van der Waals surface area contributed by atoms with Crippen LogP contribution in [0.25, 0.3) is 0 Å². The first-order chi connectivity index (χ1) is 8.24. The van der Waals surface area contributed by atoms with Gasteiger partial charge in [-0.25, -0.2) is 4.79 Å². The van der Waals surface area contributed by atoms with E-state index in [0.717, 1.165) is 19.4 Å². The topological polar surface area (TPSA) is 64.3 Å². The predicted molar refractivity (Wildman–Crippen MR) is 76.2 cm³/mol. The Morgan fingerprint density at radius 3 is 2.56 bits per heavy atom. The van der Waals surface area contributed by atoms with Gasteiger partial charge in [0.25, 0.3) is 0 Å². The summed E-state index contributed by atoms with van der Waals surface area (Å²) in [6.45, 7) is 4.20. The summed E-state index contributed by atoms with van der Waals surface area (Å²) in [7, 11) is 0. The second-order valence-corrected chi connectivity index (χ2v) is 3.86. The number of nitrogens with two attached hydrogens (primary N) is 1. The Morgan fingerprint density at radius 2 is 1.94 bits per heavy atom. The number of esters is 1. The Labute approximate surface area is 114 Å². The lowest BCUT2D eigenvalue weighted by molar-refractivity contribution is 0.0509. The van der Waals surface area contributed by atoms with Crippen molar-refractivity contribution in [1.82, 2.24) is 5.32 Å². The Bertz CT molecular complexity index is 341. The van der Waals surface area contributed by atoms with Gasteiger partial charge in [0.2, 0.25) is 0 Å². The van der Waals surface area contributed by atoms with Crippen LogP contribution in [0.1, 0.15) is 30.1 Å². The molecule has 0 aromatic heterocycles. The zero-order chi connectivity index (χ0) is 12.5. The summed E-state index contributed by atoms with van der Waals surface area (Å²) in [6, 6.07) is 6.72. The molecule has 0 atom stereocenters. The average Bonchev–Trinajstić information content (AvgIpc) is 2.34. The van der Waals surface area contributed by atoms with E-state index in [0.29, 0.717) is 24.4 Å². The molecule has 4 nitrogen and oxygen atoms in total. The van der Waals surface area contributed by atoms with E-state index >= 15 is 0 Å². The van der Waals surface area contributed by atoms with Crippen LogP contribution in [0.3, 0.4) is 0 Å². The van der Waals surface area contributed by atoms with Gasteiger partial charge in [-0.2, -0.15) is 0 Å². The second kappa shape index (κ2) is 9.74. The number of hydrogen-bond acceptors (Lipinski definition) is 4. The minimum absolute atomic E-state index is 0. The van der Waals surface area contributed by atoms with Gasteiger partial charge in [0.1, 0.15) is 6.61 Å². The maximum Gasteiger partial charge on any atom is 0.338 e. The van der Waals surface area contributed by atoms with Gasteiger partial charge in [0.15, 0.2) is 0 Å². The van der Waals surface area contributed by atoms with Crippen molar-refractivity contribution in [1.29, 1.82) is 0 Å². The number of hydrogen-bond donors (Lipinski definition) is 2. The molecule has 0 aliphatic rings. The molecular formula is C13H21ClN2O2. The van der Waals surface area contributed by atoms with Crippen molar-refractivity contribution in [2.45, 2.75) is 19.8 Å². The zero-order valence-electron chi connectivity index (χ0n) is 10.6. The van der Waals surface area contributed by atoms with E-state index in [1.54, 1.807) is 24.3 Å². The molecule has 1 rings (SSSR count). The number of benzene rings is 1. The van der Waals surface area contributed by atoms with E-state index in [4.69, 9.17) is 10.5 Å². The molecule has 0 fully saturated rings. The molecule has 0 amide bonds. The Hall–Kier alpha value is -1.26. The summed E-state index contributed by atoms with van der Waals surface area (Å²) in [4.78, 5) is 11.6. The summed E-state index contributed by atoms with van der Waals surface area (Å²) < 4.78 is 5.11. The highest BCUT2D eigenvalue weighted by Gasteiger charge is 2.05. The predicted octanol–water partition coefficient (Wildman–Crippen LogP) is 2.24. The van der Waals surface area contributed by atoms with E-state index in [2.05, 4.69) is 12.2 Å². The van der Waals surface area contributed by atoms with Crippen LogP contribution in [-0.2, 0) is 4.74 Å². The molecule has 1 aromatic carbocycles. The Morgan fingerprint density at radius 1 is 1.28 bits per heavy atom. The Balaban J connectivity index is 0.00000289. The maximum absolute atomic E-state index is 11.6. The van der Waals surface area contributed by atoms with Crippen LogP contribution in [0.2, 0.25) is 0 Å². The van der Waals surface area contributed by atoms with Crippen LogP contribution in [-0.4, -0.2) is 25.7 Å².